The predicted octanol–water partition coefficient (Wildman–Crippen LogP) is 2.65. The van der Waals surface area contributed by atoms with Crippen LogP contribution >= 0.6 is 0 Å². The van der Waals surface area contributed by atoms with Crippen molar-refractivity contribution in [3.63, 3.8) is 0 Å². The van der Waals surface area contributed by atoms with Gasteiger partial charge in [0, 0.05) is 5.71 Å². The number of carbonyl (C=O) groups excluding carboxylic acids is 1. The number of nitrogens with one attached hydrogen (secondary N) is 1. The van der Waals surface area contributed by atoms with Gasteiger partial charge in [0.25, 0.3) is 5.91 Å². The van der Waals surface area contributed by atoms with Crippen LogP contribution < -0.4 is 5.43 Å². The first-order valence-electron chi connectivity index (χ1n) is 8.31. The van der Waals surface area contributed by atoms with Gasteiger partial charge in [-0.1, -0.05) is 30.3 Å². The fourth-order valence-electron chi connectivity index (χ4n) is 4.82. The molecule has 2 N–H and O–H groups in total. The number of nitrogens with zero attached hydrogens (tertiary/aromatic N) is 1. The van der Waals surface area contributed by atoms with E-state index in [9.17, 15) is 9.90 Å². The molecule has 5 rings (SSSR count). The zero-order valence-corrected chi connectivity index (χ0v) is 12.6. The molecule has 1 atom stereocenters. The highest BCUT2D eigenvalue weighted by Gasteiger charge is 2.46. The molecule has 4 nitrogen and oxygen atoms in total. The molecule has 4 aliphatic carbocycles. The van der Waals surface area contributed by atoms with E-state index in [1.807, 2.05) is 18.2 Å². The second kappa shape index (κ2) is 5.51. The van der Waals surface area contributed by atoms with E-state index in [-0.39, 0.29) is 0 Å². The fourth-order valence-corrected chi connectivity index (χ4v) is 4.82. The zero-order valence-electron chi connectivity index (χ0n) is 12.6. The molecule has 4 heteroatoms. The maximum atomic E-state index is 12.1. The van der Waals surface area contributed by atoms with E-state index >= 15 is 0 Å². The molecule has 4 fully saturated rings. The first-order valence-corrected chi connectivity index (χ1v) is 8.31. The highest BCUT2D eigenvalue weighted by molar-refractivity contribution is 5.92. The van der Waals surface area contributed by atoms with Crippen molar-refractivity contribution in [3.8, 4) is 0 Å². The smallest absolute Gasteiger partial charge is 0.273 e. The molecule has 22 heavy (non-hydrogen) atoms. The minimum Gasteiger partial charge on any atom is -0.378 e. The first kappa shape index (κ1) is 13.9. The molecule has 0 heterocycles. The van der Waals surface area contributed by atoms with Crippen molar-refractivity contribution in [2.45, 2.75) is 38.2 Å². The number of aliphatic hydroxyl groups is 1. The van der Waals surface area contributed by atoms with Crippen molar-refractivity contribution in [3.05, 3.63) is 35.9 Å². The van der Waals surface area contributed by atoms with Gasteiger partial charge in [0.1, 0.15) is 0 Å². The summed E-state index contributed by atoms with van der Waals surface area (Å²) in [6.07, 6.45) is 5.21. The number of aliphatic hydroxyl groups excluding tert-OH is 1. The summed E-state index contributed by atoms with van der Waals surface area (Å²) in [5, 5.41) is 14.5. The molecular weight excluding hydrogens is 276 g/mol. The summed E-state index contributed by atoms with van der Waals surface area (Å²) in [6.45, 7) is 0. The van der Waals surface area contributed by atoms with E-state index in [0.29, 0.717) is 17.4 Å². The molecule has 0 radical (unpaired) electrons. The molecular formula is C18H22N2O2. The SMILES string of the molecule is O=C(NN=C1C2CC3CC(C2)CC1C3)[C@@H](O)c1ccccc1. The third kappa shape index (κ3) is 2.45. The molecule has 0 saturated heterocycles. The second-order valence-electron chi connectivity index (χ2n) is 7.13. The summed E-state index contributed by atoms with van der Waals surface area (Å²) in [5.74, 6) is 2.45. The van der Waals surface area contributed by atoms with Gasteiger partial charge in [-0.2, -0.15) is 5.10 Å². The van der Waals surface area contributed by atoms with Gasteiger partial charge in [0.05, 0.1) is 0 Å². The Morgan fingerprint density at radius 2 is 1.64 bits per heavy atom. The number of hydrogen-bond acceptors (Lipinski definition) is 3. The second-order valence-corrected chi connectivity index (χ2v) is 7.13. The van der Waals surface area contributed by atoms with E-state index in [2.05, 4.69) is 10.5 Å². The zero-order chi connectivity index (χ0) is 15.1. The number of benzene rings is 1. The van der Waals surface area contributed by atoms with E-state index in [4.69, 9.17) is 0 Å². The van der Waals surface area contributed by atoms with E-state index in [0.717, 1.165) is 11.8 Å². The highest BCUT2D eigenvalue weighted by Crippen LogP contribution is 2.52. The van der Waals surface area contributed by atoms with Crippen molar-refractivity contribution >= 4 is 11.6 Å². The summed E-state index contributed by atoms with van der Waals surface area (Å²) < 4.78 is 0. The Kier molecular flexibility index (Phi) is 3.49. The van der Waals surface area contributed by atoms with Gasteiger partial charge >= 0.3 is 0 Å². The maximum Gasteiger partial charge on any atom is 0.273 e. The van der Waals surface area contributed by atoms with Crippen molar-refractivity contribution in [2.75, 3.05) is 0 Å². The summed E-state index contributed by atoms with van der Waals surface area (Å²) in [6, 6.07) is 8.99. The predicted molar refractivity (Wildman–Crippen MR) is 84.0 cm³/mol. The number of hydrogen-bond donors (Lipinski definition) is 2. The highest BCUT2D eigenvalue weighted by atomic mass is 16.3. The lowest BCUT2D eigenvalue weighted by Gasteiger charge is -2.50. The Morgan fingerprint density at radius 3 is 2.23 bits per heavy atom. The van der Waals surface area contributed by atoms with Crippen LogP contribution in [-0.2, 0) is 4.79 Å². The Morgan fingerprint density at radius 1 is 1.05 bits per heavy atom. The van der Waals surface area contributed by atoms with Crippen molar-refractivity contribution < 1.29 is 9.90 Å². The lowest BCUT2D eigenvalue weighted by atomic mass is 9.55. The van der Waals surface area contributed by atoms with Crippen molar-refractivity contribution in [1.82, 2.24) is 5.43 Å². The quantitative estimate of drug-likeness (QED) is 0.843. The molecule has 4 bridgehead atoms. The lowest BCUT2D eigenvalue weighted by Crippen LogP contribution is -2.46. The van der Waals surface area contributed by atoms with Gasteiger partial charge in [0.15, 0.2) is 6.10 Å². The van der Waals surface area contributed by atoms with Gasteiger partial charge in [-0.3, -0.25) is 4.79 Å². The van der Waals surface area contributed by atoms with Gasteiger partial charge in [-0.25, -0.2) is 5.43 Å². The summed E-state index contributed by atoms with van der Waals surface area (Å²) in [5.41, 5.74) is 4.39. The molecule has 0 aromatic heterocycles. The van der Waals surface area contributed by atoms with E-state index in [1.165, 1.54) is 37.8 Å². The van der Waals surface area contributed by atoms with Crippen molar-refractivity contribution in [2.24, 2.45) is 28.8 Å². The molecule has 116 valence electrons. The van der Waals surface area contributed by atoms with E-state index in [1.54, 1.807) is 12.1 Å². The third-order valence-corrected chi connectivity index (χ3v) is 5.63. The number of amides is 1. The van der Waals surface area contributed by atoms with Crippen LogP contribution in [0.4, 0.5) is 0 Å². The van der Waals surface area contributed by atoms with Crippen LogP contribution in [0, 0.1) is 23.7 Å². The molecule has 0 aliphatic heterocycles. The minimum atomic E-state index is -1.15. The van der Waals surface area contributed by atoms with Gasteiger partial charge in [-0.05, 0) is 61.3 Å². The third-order valence-electron chi connectivity index (χ3n) is 5.63. The summed E-state index contributed by atoms with van der Waals surface area (Å²) >= 11 is 0. The Bertz CT molecular complexity index is 566. The van der Waals surface area contributed by atoms with Crippen LogP contribution in [0.2, 0.25) is 0 Å². The summed E-state index contributed by atoms with van der Waals surface area (Å²) in [7, 11) is 0. The largest absolute Gasteiger partial charge is 0.378 e. The Balaban J connectivity index is 1.44. The average molecular weight is 298 g/mol. The topological polar surface area (TPSA) is 61.7 Å². The number of hydrazone groups is 1. The molecule has 4 saturated carbocycles. The average Bonchev–Trinajstić information content (AvgIpc) is 2.53. The number of rotatable bonds is 3. The molecule has 0 unspecified atom stereocenters. The van der Waals surface area contributed by atoms with Crippen LogP contribution in [0.15, 0.2) is 35.4 Å². The monoisotopic (exact) mass is 298 g/mol. The first-order chi connectivity index (χ1) is 10.7. The molecule has 1 aromatic rings. The molecule has 0 spiro atoms. The molecule has 1 amide bonds. The summed E-state index contributed by atoms with van der Waals surface area (Å²) in [4.78, 5) is 12.1. The fraction of sp³-hybridized carbons (Fsp3) is 0.556. The van der Waals surface area contributed by atoms with Crippen LogP contribution in [0.1, 0.15) is 43.8 Å². The van der Waals surface area contributed by atoms with Crippen LogP contribution in [0.25, 0.3) is 0 Å². The maximum absolute atomic E-state index is 12.1. The van der Waals surface area contributed by atoms with Crippen LogP contribution in [0.3, 0.4) is 0 Å². The number of carbonyl (C=O) groups is 1. The van der Waals surface area contributed by atoms with Crippen LogP contribution in [-0.4, -0.2) is 16.7 Å². The van der Waals surface area contributed by atoms with Gasteiger partial charge in [0.2, 0.25) is 0 Å². The normalized spacial score (nSPS) is 33.6. The van der Waals surface area contributed by atoms with Gasteiger partial charge in [-0.15, -0.1) is 0 Å². The Labute approximate surface area is 130 Å². The molecule has 1 aromatic carbocycles. The molecule has 4 aliphatic rings. The van der Waals surface area contributed by atoms with Gasteiger partial charge < -0.3 is 5.11 Å². The Hall–Kier alpha value is -1.68. The minimum absolute atomic E-state index is 0.437. The van der Waals surface area contributed by atoms with Crippen molar-refractivity contribution in [1.29, 1.82) is 0 Å². The standard InChI is InChI=1S/C18H22N2O2/c21-17(13-4-2-1-3-5-13)18(22)20-19-16-14-7-11-6-12(9-14)10-15(16)8-11/h1-5,11-12,14-15,17,21H,6-10H2,(H,20,22)/t11?,12?,14?,15?,17-/m0/s1. The lowest BCUT2D eigenvalue weighted by molar-refractivity contribution is -0.129. The van der Waals surface area contributed by atoms with Crippen LogP contribution in [0.5, 0.6) is 0 Å². The van der Waals surface area contributed by atoms with E-state index < -0.39 is 12.0 Å².